The summed E-state index contributed by atoms with van der Waals surface area (Å²) in [7, 11) is 5.82. The average Bonchev–Trinajstić information content (AvgIpc) is 1.59. The lowest BCUT2D eigenvalue weighted by Gasteiger charge is -2.42. The smallest absolute Gasteiger partial charge is 0.409 e. The van der Waals surface area contributed by atoms with Gasteiger partial charge in [0.05, 0.1) is 36.9 Å². The third-order valence-electron chi connectivity index (χ3n) is 17.4. The molecule has 0 radical (unpaired) electrons. The van der Waals surface area contributed by atoms with E-state index < -0.39 is 113 Å². The summed E-state index contributed by atoms with van der Waals surface area (Å²) in [6, 6.07) is 8.35. The Morgan fingerprint density at radius 2 is 1.75 bits per heavy atom. The molecule has 4 bridgehead atoms. The zero-order valence-electron chi connectivity index (χ0n) is 52.9. The van der Waals surface area contributed by atoms with Gasteiger partial charge in [0, 0.05) is 82.7 Å². The van der Waals surface area contributed by atoms with Crippen LogP contribution in [0.2, 0.25) is 5.02 Å². The second kappa shape index (κ2) is 30.2. The van der Waals surface area contributed by atoms with Gasteiger partial charge in [0.15, 0.2) is 5.72 Å². The molecule has 8 N–H and O–H groups in total. The lowest BCUT2D eigenvalue weighted by molar-refractivity contribution is -0.158. The summed E-state index contributed by atoms with van der Waals surface area (Å²) in [5, 5.41) is 26.4. The van der Waals surface area contributed by atoms with Gasteiger partial charge in [0.2, 0.25) is 17.7 Å². The van der Waals surface area contributed by atoms with Crippen LogP contribution in [0.25, 0.3) is 10.9 Å². The van der Waals surface area contributed by atoms with Crippen LogP contribution in [0.5, 0.6) is 5.75 Å². The monoisotopic (exact) mass is 1280 g/mol. The van der Waals surface area contributed by atoms with Crippen LogP contribution in [0, 0.1) is 11.8 Å². The van der Waals surface area contributed by atoms with E-state index in [1.807, 2.05) is 13.0 Å². The number of halogens is 1. The third-order valence-corrected chi connectivity index (χ3v) is 17.7. The number of anilines is 2. The van der Waals surface area contributed by atoms with Gasteiger partial charge in [-0.1, -0.05) is 62.6 Å². The predicted octanol–water partition coefficient (Wildman–Crippen LogP) is 4.92. The van der Waals surface area contributed by atoms with E-state index >= 15 is 0 Å². The summed E-state index contributed by atoms with van der Waals surface area (Å²) in [5.41, 5.74) is 3.07. The highest BCUT2D eigenvalue weighted by Gasteiger charge is 2.64. The first kappa shape index (κ1) is 70.2. The number of esters is 1. The Balaban J connectivity index is 1.04. The molecule has 2 saturated heterocycles. The molecule has 10 atom stereocenters. The molecule has 9 amide bonds. The fraction of sp³-hybridized carbons (Fsp3) is 0.516. The maximum atomic E-state index is 14.5. The summed E-state index contributed by atoms with van der Waals surface area (Å²) in [6.07, 6.45) is 5.10. The molecule has 0 saturated carbocycles. The maximum Gasteiger partial charge on any atom is 0.409 e. The number of methoxy groups -OCH3 is 2. The summed E-state index contributed by atoms with van der Waals surface area (Å²) < 4.78 is 29.7. The van der Waals surface area contributed by atoms with E-state index in [1.165, 1.54) is 69.3 Å². The van der Waals surface area contributed by atoms with Crippen LogP contribution < -0.4 is 42.0 Å². The number of amides is 9. The van der Waals surface area contributed by atoms with Crippen LogP contribution in [-0.4, -0.2) is 181 Å². The summed E-state index contributed by atoms with van der Waals surface area (Å²) in [5.74, 6) is -4.30. The number of aldehydes is 1. The van der Waals surface area contributed by atoms with Crippen molar-refractivity contribution in [2.75, 3.05) is 58.2 Å². The molecule has 26 nitrogen and oxygen atoms in total. The number of ether oxygens (including phenoxy) is 5. The first-order chi connectivity index (χ1) is 43.1. The van der Waals surface area contributed by atoms with E-state index in [9.17, 15) is 53.1 Å². The van der Waals surface area contributed by atoms with E-state index in [0.717, 1.165) is 16.0 Å². The summed E-state index contributed by atoms with van der Waals surface area (Å²) in [4.78, 5) is 140. The topological polar surface area (TPSA) is 349 Å². The van der Waals surface area contributed by atoms with Gasteiger partial charge in [-0.25, -0.2) is 19.4 Å². The van der Waals surface area contributed by atoms with Crippen LogP contribution in [0.4, 0.5) is 21.1 Å². The largest absolute Gasteiger partial charge is 0.495 e. The van der Waals surface area contributed by atoms with Crippen LogP contribution in [0.15, 0.2) is 78.4 Å². The first-order valence-electron chi connectivity index (χ1n) is 30.2. The number of primary amides is 1. The molecule has 0 unspecified atom stereocenters. The zero-order valence-corrected chi connectivity index (χ0v) is 53.7. The number of nitrogens with two attached hydrogens (primary N) is 1. The number of carbonyl (C=O) groups excluding carboxylic acids is 10. The Kier molecular flexibility index (Phi) is 23.3. The average molecular weight is 1280 g/mol. The molecule has 2 aromatic carbocycles. The molecule has 5 heterocycles. The number of epoxide rings is 1. The number of aromatic nitrogens is 1. The number of carbonyl (C=O) groups is 10. The van der Waals surface area contributed by atoms with Crippen molar-refractivity contribution in [1.82, 2.24) is 36.1 Å². The quantitative estimate of drug-likeness (QED) is 0.0206. The van der Waals surface area contributed by atoms with Gasteiger partial charge in [-0.2, -0.15) is 0 Å². The van der Waals surface area contributed by atoms with Crippen LogP contribution >= 0.6 is 11.6 Å². The zero-order chi connectivity index (χ0) is 66.7. The predicted molar refractivity (Wildman–Crippen MR) is 335 cm³/mol. The van der Waals surface area contributed by atoms with Gasteiger partial charge in [0.1, 0.15) is 58.4 Å². The number of imide groups is 1. The molecular weight excluding hydrogens is 1200 g/mol. The molecule has 7 rings (SSSR count). The second-order valence-corrected chi connectivity index (χ2v) is 24.5. The molecule has 4 aliphatic heterocycles. The Morgan fingerprint density at radius 1 is 1.02 bits per heavy atom. The molecule has 0 spiro atoms. The van der Waals surface area contributed by atoms with Crippen molar-refractivity contribution >= 4 is 93.8 Å². The van der Waals surface area contributed by atoms with Crippen molar-refractivity contribution < 1.29 is 76.7 Å². The number of benzene rings is 2. The summed E-state index contributed by atoms with van der Waals surface area (Å²) >= 11 is 6.86. The molecule has 4 aliphatic rings. The Morgan fingerprint density at radius 3 is 2.42 bits per heavy atom. The van der Waals surface area contributed by atoms with Crippen molar-refractivity contribution in [3.05, 3.63) is 94.6 Å². The lowest BCUT2D eigenvalue weighted by Crippen LogP contribution is -2.63. The third kappa shape index (κ3) is 17.0. The molecule has 27 heteroatoms. The molecular formula is C64H83ClN10O16. The van der Waals surface area contributed by atoms with Crippen molar-refractivity contribution in [3.63, 3.8) is 0 Å². The van der Waals surface area contributed by atoms with E-state index in [-0.39, 0.29) is 67.1 Å². The number of nitrogens with zero attached hydrogens (tertiary/aromatic N) is 4. The van der Waals surface area contributed by atoms with E-state index in [4.69, 9.17) is 41.0 Å². The van der Waals surface area contributed by atoms with Gasteiger partial charge in [-0.3, -0.25) is 39.0 Å². The Labute approximate surface area is 533 Å². The molecule has 1 aromatic heterocycles. The number of alkyl carbamates (subject to hydrolysis) is 1. The van der Waals surface area contributed by atoms with Gasteiger partial charge in [-0.15, -0.1) is 0 Å². The molecule has 492 valence electrons. The first-order valence-corrected chi connectivity index (χ1v) is 30.6. The molecule has 3 aromatic rings. The number of unbranched alkanes of at least 4 members (excludes halogenated alkanes) is 2. The highest BCUT2D eigenvalue weighted by atomic mass is 35.5. The van der Waals surface area contributed by atoms with Crippen molar-refractivity contribution in [2.45, 2.75) is 153 Å². The van der Waals surface area contributed by atoms with Crippen molar-refractivity contribution in [3.8, 4) is 5.75 Å². The number of rotatable bonds is 24. The normalized spacial score (nSPS) is 24.8. The maximum absolute atomic E-state index is 14.5. The van der Waals surface area contributed by atoms with Crippen molar-refractivity contribution in [1.29, 1.82) is 0 Å². The SMILES string of the molecule is COc1cc2cc(c1Cl)N(C)C(=O)C[C@H](OC(=O)[C@H](C)N(C)C(=O)c1ccc3nc(NC(=O)[C@H](CCCNC(N)=O)NC[C@](C=O)(NC(=O)CCCCCN4C(=O)C=CC4=O)C(C)C)ccc3c1)[C@]1(C)O[C@H]1[C@H](C)[C@@H]1C[C@@](O)(NC(=O)O1)[C@H](OC)/C=C/C=C(\C)C2. The lowest BCUT2D eigenvalue weighted by atomic mass is 9.83. The minimum atomic E-state index is -1.91. The minimum Gasteiger partial charge on any atom is -0.495 e. The van der Waals surface area contributed by atoms with Gasteiger partial charge in [-0.05, 0) is 107 Å². The number of fused-ring (bicyclic) bond motifs is 6. The Bertz CT molecular complexity index is 3360. The number of pyridine rings is 1. The van der Waals surface area contributed by atoms with Crippen molar-refractivity contribution in [2.24, 2.45) is 17.6 Å². The number of allylic oxidation sites excluding steroid dienone is 3. The van der Waals surface area contributed by atoms with Gasteiger partial charge in [0.25, 0.3) is 17.7 Å². The standard InChI is InChI=1S/C64H83ClN10O16/c1-36(2)63(35-76,71-51(77)19-12-11-13-27-75-52(78)24-25-53(75)79)34-68-44(17-15-26-67-60(66)84)57(81)70-50-23-21-41-31-42(20-22-43(41)69-50)58(82)73(7)39(5)59(83)90-49-32-54(80)74(8)45-29-40(30-46(87-9)55(45)65)28-37(3)16-14-18-48(88-10)64(86)33-47(89-61(85)72-64)38(4)56-62(49,6)91-56/h14,16,18,20-25,29-31,35-36,38-39,44,47-49,56,68,86H,11-13,15,17,19,26-28,32-34H2,1-10H3,(H,71,77)(H,72,85)(H3,66,67,84)(H,69,70,81)/b18-14+,37-16+/t38-,39+,44+,47+,48-,49+,56+,62+,63-,64+/m1/s1. The molecule has 2 fully saturated rings. The molecule has 91 heavy (non-hydrogen) atoms. The number of aliphatic hydroxyl groups is 1. The molecule has 0 aliphatic carbocycles. The van der Waals surface area contributed by atoms with E-state index in [2.05, 4.69) is 31.6 Å². The van der Waals surface area contributed by atoms with E-state index in [1.54, 1.807) is 70.2 Å². The van der Waals surface area contributed by atoms with Gasteiger partial charge < -0.3 is 70.4 Å². The van der Waals surface area contributed by atoms with E-state index in [0.29, 0.717) is 60.7 Å². The number of nitrogens with one attached hydrogen (secondary N) is 5. The van der Waals surface area contributed by atoms with Crippen LogP contribution in [0.3, 0.4) is 0 Å². The summed E-state index contributed by atoms with van der Waals surface area (Å²) in [6.45, 7) is 10.5. The van der Waals surface area contributed by atoms with Gasteiger partial charge >= 0.3 is 18.1 Å². The highest BCUT2D eigenvalue weighted by Crippen LogP contribution is 2.49. The minimum absolute atomic E-state index is 0.0636. The number of hydrogen-bond donors (Lipinski definition) is 7. The highest BCUT2D eigenvalue weighted by molar-refractivity contribution is 6.35. The Hall–Kier alpha value is -8.30. The van der Waals surface area contributed by atoms with Crippen LogP contribution in [-0.2, 0) is 58.9 Å². The fourth-order valence-corrected chi connectivity index (χ4v) is 11.7. The van der Waals surface area contributed by atoms with Crippen LogP contribution in [0.1, 0.15) is 109 Å². The number of hydrogen-bond acceptors (Lipinski definition) is 18. The number of urea groups is 1. The second-order valence-electron chi connectivity index (χ2n) is 24.1. The fourth-order valence-electron chi connectivity index (χ4n) is 11.4. The number of likely N-dealkylation sites (N-methyl/N-ethyl adjacent to an activating group) is 1.